The van der Waals surface area contributed by atoms with Crippen LogP contribution in [0.25, 0.3) is 0 Å². The van der Waals surface area contributed by atoms with Gasteiger partial charge in [0.2, 0.25) is 0 Å². The van der Waals surface area contributed by atoms with Crippen LogP contribution in [0.3, 0.4) is 0 Å². The minimum atomic E-state index is -1.00. The molecule has 1 atom stereocenters. The van der Waals surface area contributed by atoms with Crippen LogP contribution in [0, 0.1) is 17.6 Å². The summed E-state index contributed by atoms with van der Waals surface area (Å²) in [5, 5.41) is 8.85. The van der Waals surface area contributed by atoms with Crippen molar-refractivity contribution in [1.29, 1.82) is 0 Å². The van der Waals surface area contributed by atoms with Crippen molar-refractivity contribution >= 4 is 11.6 Å². The SMILES string of the molecule is Nc1ccc(F)c(C(=O)N2CCC(CCO)C2)c1F. The molecule has 0 spiro atoms. The number of benzene rings is 1. The maximum Gasteiger partial charge on any atom is 0.259 e. The number of hydrogen-bond donors (Lipinski definition) is 2. The molecule has 1 aromatic rings. The van der Waals surface area contributed by atoms with E-state index in [1.807, 2.05) is 0 Å². The molecule has 1 unspecified atom stereocenters. The minimum absolute atomic E-state index is 0.0493. The fourth-order valence-electron chi connectivity index (χ4n) is 2.36. The van der Waals surface area contributed by atoms with E-state index >= 15 is 0 Å². The van der Waals surface area contributed by atoms with Crippen LogP contribution in [-0.2, 0) is 0 Å². The van der Waals surface area contributed by atoms with Gasteiger partial charge in [-0.2, -0.15) is 0 Å². The smallest absolute Gasteiger partial charge is 0.259 e. The maximum absolute atomic E-state index is 13.8. The Bertz CT molecular complexity index is 494. The Morgan fingerprint density at radius 2 is 2.21 bits per heavy atom. The predicted molar refractivity (Wildman–Crippen MR) is 66.5 cm³/mol. The van der Waals surface area contributed by atoms with Crippen LogP contribution in [0.4, 0.5) is 14.5 Å². The molecule has 0 bridgehead atoms. The van der Waals surface area contributed by atoms with Gasteiger partial charge in [-0.15, -0.1) is 0 Å². The minimum Gasteiger partial charge on any atom is -0.396 e. The van der Waals surface area contributed by atoms with Crippen LogP contribution < -0.4 is 5.73 Å². The highest BCUT2D eigenvalue weighted by Gasteiger charge is 2.30. The molecular weight excluding hydrogens is 254 g/mol. The molecule has 1 amide bonds. The standard InChI is InChI=1S/C13H16F2N2O2/c14-9-1-2-10(16)12(15)11(9)13(19)17-5-3-8(7-17)4-6-18/h1-2,8,18H,3-7,16H2. The fraction of sp³-hybridized carbons (Fsp3) is 0.462. The molecule has 104 valence electrons. The summed E-state index contributed by atoms with van der Waals surface area (Å²) < 4.78 is 27.4. The highest BCUT2D eigenvalue weighted by atomic mass is 19.1. The Morgan fingerprint density at radius 1 is 1.47 bits per heavy atom. The largest absolute Gasteiger partial charge is 0.396 e. The number of hydrogen-bond acceptors (Lipinski definition) is 3. The molecule has 0 saturated carbocycles. The number of likely N-dealkylation sites (tertiary alicyclic amines) is 1. The topological polar surface area (TPSA) is 66.6 Å². The average Bonchev–Trinajstić information content (AvgIpc) is 2.83. The molecule has 19 heavy (non-hydrogen) atoms. The lowest BCUT2D eigenvalue weighted by atomic mass is 10.1. The number of nitrogens with zero attached hydrogens (tertiary/aromatic N) is 1. The summed E-state index contributed by atoms with van der Waals surface area (Å²) in [6.07, 6.45) is 1.32. The Balaban J connectivity index is 2.19. The van der Waals surface area contributed by atoms with E-state index in [1.165, 1.54) is 4.90 Å². The summed E-state index contributed by atoms with van der Waals surface area (Å²) in [5.74, 6) is -2.40. The van der Waals surface area contributed by atoms with E-state index in [2.05, 4.69) is 0 Å². The van der Waals surface area contributed by atoms with Gasteiger partial charge in [-0.25, -0.2) is 8.78 Å². The summed E-state index contributed by atoms with van der Waals surface area (Å²) in [7, 11) is 0. The Labute approximate surface area is 109 Å². The molecule has 3 N–H and O–H groups in total. The zero-order valence-electron chi connectivity index (χ0n) is 10.4. The van der Waals surface area contributed by atoms with Gasteiger partial charge in [0.25, 0.3) is 5.91 Å². The van der Waals surface area contributed by atoms with E-state index in [9.17, 15) is 13.6 Å². The first-order valence-electron chi connectivity index (χ1n) is 6.18. The van der Waals surface area contributed by atoms with Gasteiger partial charge >= 0.3 is 0 Å². The first-order chi connectivity index (χ1) is 9.04. The summed E-state index contributed by atoms with van der Waals surface area (Å²) >= 11 is 0. The number of aliphatic hydroxyl groups excluding tert-OH is 1. The summed E-state index contributed by atoms with van der Waals surface area (Å²) in [4.78, 5) is 13.5. The maximum atomic E-state index is 13.8. The molecule has 2 rings (SSSR count). The van der Waals surface area contributed by atoms with Gasteiger partial charge in [-0.05, 0) is 30.9 Å². The monoisotopic (exact) mass is 270 g/mol. The summed E-state index contributed by atoms with van der Waals surface area (Å²) in [6.45, 7) is 0.901. The van der Waals surface area contributed by atoms with Crippen molar-refractivity contribution in [3.8, 4) is 0 Å². The highest BCUT2D eigenvalue weighted by Crippen LogP contribution is 2.25. The third-order valence-corrected chi connectivity index (χ3v) is 3.45. The molecule has 1 aliphatic rings. The van der Waals surface area contributed by atoms with Crippen molar-refractivity contribution in [1.82, 2.24) is 4.90 Å². The van der Waals surface area contributed by atoms with Crippen molar-refractivity contribution in [2.24, 2.45) is 5.92 Å². The first-order valence-corrected chi connectivity index (χ1v) is 6.18. The number of carbonyl (C=O) groups excluding carboxylic acids is 1. The van der Waals surface area contributed by atoms with Crippen molar-refractivity contribution in [2.45, 2.75) is 12.8 Å². The van der Waals surface area contributed by atoms with Gasteiger partial charge in [-0.3, -0.25) is 4.79 Å². The van der Waals surface area contributed by atoms with Gasteiger partial charge in [0.1, 0.15) is 11.4 Å². The van der Waals surface area contributed by atoms with Crippen LogP contribution in [0.5, 0.6) is 0 Å². The van der Waals surface area contributed by atoms with Crippen LogP contribution in [0.15, 0.2) is 12.1 Å². The van der Waals surface area contributed by atoms with E-state index in [4.69, 9.17) is 10.8 Å². The van der Waals surface area contributed by atoms with E-state index in [0.717, 1.165) is 18.6 Å². The second-order valence-corrected chi connectivity index (χ2v) is 4.74. The molecule has 0 aromatic heterocycles. The van der Waals surface area contributed by atoms with E-state index in [1.54, 1.807) is 0 Å². The zero-order chi connectivity index (χ0) is 14.0. The Hall–Kier alpha value is -1.69. The van der Waals surface area contributed by atoms with Crippen LogP contribution >= 0.6 is 0 Å². The number of anilines is 1. The van der Waals surface area contributed by atoms with E-state index in [0.29, 0.717) is 19.5 Å². The van der Waals surface area contributed by atoms with Gasteiger partial charge in [-0.1, -0.05) is 0 Å². The molecule has 1 aromatic carbocycles. The number of aliphatic hydroxyl groups is 1. The van der Waals surface area contributed by atoms with Crippen molar-refractivity contribution in [3.05, 3.63) is 29.3 Å². The van der Waals surface area contributed by atoms with Crippen molar-refractivity contribution < 1.29 is 18.7 Å². The lowest BCUT2D eigenvalue weighted by Crippen LogP contribution is -2.30. The second kappa shape index (κ2) is 5.52. The Morgan fingerprint density at radius 3 is 2.89 bits per heavy atom. The summed E-state index contributed by atoms with van der Waals surface area (Å²) in [5.41, 5.74) is 4.52. The molecule has 1 heterocycles. The molecule has 1 saturated heterocycles. The first kappa shape index (κ1) is 13.7. The zero-order valence-corrected chi connectivity index (χ0v) is 10.4. The number of nitrogens with two attached hydrogens (primary N) is 1. The van der Waals surface area contributed by atoms with Gasteiger partial charge in [0.05, 0.1) is 5.69 Å². The lowest BCUT2D eigenvalue weighted by Gasteiger charge is -2.17. The van der Waals surface area contributed by atoms with E-state index in [-0.39, 0.29) is 18.2 Å². The molecule has 6 heteroatoms. The van der Waals surface area contributed by atoms with Crippen molar-refractivity contribution in [3.63, 3.8) is 0 Å². The van der Waals surface area contributed by atoms with E-state index < -0.39 is 23.1 Å². The second-order valence-electron chi connectivity index (χ2n) is 4.74. The van der Waals surface area contributed by atoms with Crippen LogP contribution in [0.2, 0.25) is 0 Å². The molecule has 1 aliphatic heterocycles. The average molecular weight is 270 g/mol. The number of carbonyl (C=O) groups is 1. The Kier molecular flexibility index (Phi) is 3.99. The van der Waals surface area contributed by atoms with Crippen molar-refractivity contribution in [2.75, 3.05) is 25.4 Å². The lowest BCUT2D eigenvalue weighted by molar-refractivity contribution is 0.0775. The summed E-state index contributed by atoms with van der Waals surface area (Å²) in [6, 6.07) is 2.09. The third-order valence-electron chi connectivity index (χ3n) is 3.45. The molecule has 1 fully saturated rings. The number of rotatable bonds is 3. The van der Waals surface area contributed by atoms with Crippen LogP contribution in [-0.4, -0.2) is 35.6 Å². The normalized spacial score (nSPS) is 18.9. The number of halogens is 2. The number of amides is 1. The van der Waals surface area contributed by atoms with Gasteiger partial charge in [0.15, 0.2) is 5.82 Å². The van der Waals surface area contributed by atoms with Gasteiger partial charge in [0, 0.05) is 19.7 Å². The quantitative estimate of drug-likeness (QED) is 0.816. The number of nitrogen functional groups attached to an aromatic ring is 1. The van der Waals surface area contributed by atoms with Crippen LogP contribution in [0.1, 0.15) is 23.2 Å². The fourth-order valence-corrected chi connectivity index (χ4v) is 2.36. The predicted octanol–water partition coefficient (Wildman–Crippen LogP) is 1.39. The van der Waals surface area contributed by atoms with Gasteiger partial charge < -0.3 is 15.7 Å². The molecular formula is C13H16F2N2O2. The molecule has 4 nitrogen and oxygen atoms in total. The third kappa shape index (κ3) is 2.68. The highest BCUT2D eigenvalue weighted by molar-refractivity contribution is 5.95. The molecule has 0 aliphatic carbocycles. The molecule has 0 radical (unpaired) electrons.